The summed E-state index contributed by atoms with van der Waals surface area (Å²) in [6.45, 7) is -0.413. The maximum absolute atomic E-state index is 13.2. The molecule has 138 valence electrons. The van der Waals surface area contributed by atoms with Crippen molar-refractivity contribution >= 4 is 35.1 Å². The number of hydrogen-bond donors (Lipinski definition) is 0. The van der Waals surface area contributed by atoms with Gasteiger partial charge in [-0.3, -0.25) is 9.36 Å². The van der Waals surface area contributed by atoms with Crippen molar-refractivity contribution in [1.82, 2.24) is 9.55 Å². The average molecular weight is 405 g/mol. The first kappa shape index (κ1) is 19.1. The first-order valence-corrected chi connectivity index (χ1v) is 9.43. The number of carbonyl (C=O) groups excluding carboxylic acids is 2. The fourth-order valence-electron chi connectivity index (χ4n) is 2.39. The van der Waals surface area contributed by atoms with Crippen LogP contribution >= 0.6 is 23.4 Å². The molecule has 0 radical (unpaired) electrons. The number of rotatable bonds is 6. The number of nitrogens with zero attached hydrogens (tertiary/aromatic N) is 2. The maximum atomic E-state index is 13.2. The van der Waals surface area contributed by atoms with Gasteiger partial charge in [0.25, 0.3) is 0 Å². The second-order valence-corrected chi connectivity index (χ2v) is 6.66. The number of hydrogen-bond acceptors (Lipinski definition) is 5. The Morgan fingerprint density at radius 1 is 1.15 bits per heavy atom. The Morgan fingerprint density at radius 2 is 1.81 bits per heavy atom. The third-order valence-electron chi connectivity index (χ3n) is 3.71. The van der Waals surface area contributed by atoms with E-state index in [-0.39, 0.29) is 17.3 Å². The molecule has 0 saturated carbocycles. The summed E-state index contributed by atoms with van der Waals surface area (Å²) in [4.78, 5) is 28.8. The van der Waals surface area contributed by atoms with Crippen LogP contribution in [0.25, 0.3) is 5.69 Å². The first-order valence-electron chi connectivity index (χ1n) is 7.83. The van der Waals surface area contributed by atoms with E-state index in [2.05, 4.69) is 4.98 Å². The molecule has 27 heavy (non-hydrogen) atoms. The summed E-state index contributed by atoms with van der Waals surface area (Å²) in [7, 11) is 0. The number of benzene rings is 2. The fourth-order valence-corrected chi connectivity index (χ4v) is 3.06. The Balaban J connectivity index is 1.79. The van der Waals surface area contributed by atoms with Crippen molar-refractivity contribution in [3.05, 3.63) is 76.8 Å². The third-order valence-corrected chi connectivity index (χ3v) is 4.61. The number of Topliss-reactive ketones (excluding diaryl/α,β-unsaturated/α-hetero) is 1. The van der Waals surface area contributed by atoms with Gasteiger partial charge >= 0.3 is 5.97 Å². The number of imidazole rings is 1. The second-order valence-electron chi connectivity index (χ2n) is 5.45. The average Bonchev–Trinajstić information content (AvgIpc) is 3.11. The van der Waals surface area contributed by atoms with Gasteiger partial charge in [0.15, 0.2) is 23.2 Å². The van der Waals surface area contributed by atoms with Crippen molar-refractivity contribution in [2.24, 2.45) is 0 Å². The predicted octanol–water partition coefficient (Wildman–Crippen LogP) is 4.43. The molecule has 0 spiro atoms. The molecular weight excluding hydrogens is 391 g/mol. The lowest BCUT2D eigenvalue weighted by Crippen LogP contribution is -2.17. The summed E-state index contributed by atoms with van der Waals surface area (Å²) in [5, 5.41) is 1.05. The molecule has 0 aliphatic rings. The molecular formula is C19H14ClFN2O3S. The Kier molecular flexibility index (Phi) is 5.93. The van der Waals surface area contributed by atoms with Crippen LogP contribution in [0.4, 0.5) is 4.39 Å². The van der Waals surface area contributed by atoms with Crippen LogP contribution < -0.4 is 0 Å². The number of ether oxygens (including phenoxy) is 1. The molecule has 3 aromatic rings. The van der Waals surface area contributed by atoms with Crippen LogP contribution in [0.15, 0.2) is 59.9 Å². The van der Waals surface area contributed by atoms with Gasteiger partial charge in [0.05, 0.1) is 6.20 Å². The molecule has 0 aliphatic heterocycles. The molecule has 0 bridgehead atoms. The minimum Gasteiger partial charge on any atom is -0.453 e. The monoisotopic (exact) mass is 404 g/mol. The number of halogens is 2. The molecule has 0 amide bonds. The molecule has 0 unspecified atom stereocenters. The molecule has 0 N–H and O–H groups in total. The molecule has 0 saturated heterocycles. The zero-order valence-corrected chi connectivity index (χ0v) is 15.8. The lowest BCUT2D eigenvalue weighted by molar-refractivity contribution is 0.0466. The number of aromatic nitrogens is 2. The minimum atomic E-state index is -0.700. The Morgan fingerprint density at radius 3 is 2.44 bits per heavy atom. The highest BCUT2D eigenvalue weighted by Gasteiger charge is 2.20. The van der Waals surface area contributed by atoms with Crippen LogP contribution in [0, 0.1) is 5.82 Å². The molecule has 1 heterocycles. The zero-order valence-electron chi connectivity index (χ0n) is 14.2. The molecule has 8 heteroatoms. The number of ketones is 1. The SMILES string of the molecule is CSc1ncc(C(=O)OCC(=O)c2ccc(Cl)cc2)n1-c1ccc(F)cc1. The molecule has 3 rings (SSSR count). The van der Waals surface area contributed by atoms with Gasteiger partial charge in [0, 0.05) is 16.3 Å². The maximum Gasteiger partial charge on any atom is 0.357 e. The Bertz CT molecular complexity index is 972. The van der Waals surface area contributed by atoms with Crippen LogP contribution in [0.1, 0.15) is 20.8 Å². The van der Waals surface area contributed by atoms with E-state index in [0.717, 1.165) is 0 Å². The van der Waals surface area contributed by atoms with Crippen molar-refractivity contribution in [2.45, 2.75) is 5.16 Å². The second kappa shape index (κ2) is 8.37. The Labute approximate surface area is 164 Å². The van der Waals surface area contributed by atoms with Gasteiger partial charge in [-0.1, -0.05) is 23.4 Å². The van der Waals surface area contributed by atoms with Gasteiger partial charge in [0.2, 0.25) is 0 Å². The molecule has 0 fully saturated rings. The van der Waals surface area contributed by atoms with Crippen molar-refractivity contribution in [3.63, 3.8) is 0 Å². The summed E-state index contributed by atoms with van der Waals surface area (Å²) in [5.41, 5.74) is 1.10. The summed E-state index contributed by atoms with van der Waals surface area (Å²) in [6, 6.07) is 12.0. The lowest BCUT2D eigenvalue weighted by atomic mass is 10.1. The van der Waals surface area contributed by atoms with Crippen molar-refractivity contribution < 1.29 is 18.7 Å². The van der Waals surface area contributed by atoms with E-state index in [4.69, 9.17) is 16.3 Å². The van der Waals surface area contributed by atoms with Gasteiger partial charge < -0.3 is 4.74 Å². The van der Waals surface area contributed by atoms with E-state index in [0.29, 0.717) is 21.4 Å². The van der Waals surface area contributed by atoms with Crippen molar-refractivity contribution in [1.29, 1.82) is 0 Å². The van der Waals surface area contributed by atoms with Crippen LogP contribution in [0.2, 0.25) is 5.02 Å². The third kappa shape index (κ3) is 4.37. The summed E-state index contributed by atoms with van der Waals surface area (Å²) >= 11 is 7.12. The van der Waals surface area contributed by atoms with E-state index in [9.17, 15) is 14.0 Å². The van der Waals surface area contributed by atoms with Crippen molar-refractivity contribution in [3.8, 4) is 5.69 Å². The highest BCUT2D eigenvalue weighted by molar-refractivity contribution is 7.98. The van der Waals surface area contributed by atoms with E-state index in [1.807, 2.05) is 6.26 Å². The smallest absolute Gasteiger partial charge is 0.357 e. The van der Waals surface area contributed by atoms with Gasteiger partial charge in [-0.05, 0) is 54.8 Å². The molecule has 1 aromatic heterocycles. The van der Waals surface area contributed by atoms with Gasteiger partial charge in [0.1, 0.15) is 5.82 Å². The number of thioether (sulfide) groups is 1. The van der Waals surface area contributed by atoms with Gasteiger partial charge in [-0.2, -0.15) is 0 Å². The van der Waals surface area contributed by atoms with Crippen molar-refractivity contribution in [2.75, 3.05) is 12.9 Å². The van der Waals surface area contributed by atoms with E-state index in [1.165, 1.54) is 42.2 Å². The van der Waals surface area contributed by atoms with Crippen LogP contribution in [-0.4, -0.2) is 34.2 Å². The predicted molar refractivity (Wildman–Crippen MR) is 101 cm³/mol. The highest BCUT2D eigenvalue weighted by atomic mass is 35.5. The summed E-state index contributed by atoms with van der Waals surface area (Å²) in [5.74, 6) is -1.44. The van der Waals surface area contributed by atoms with Crippen LogP contribution in [0.5, 0.6) is 0 Å². The standard InChI is InChI=1S/C19H14ClFN2O3S/c1-27-19-22-10-16(23(19)15-8-6-14(21)7-9-15)18(25)26-11-17(24)12-2-4-13(20)5-3-12/h2-10H,11H2,1H3. The normalized spacial score (nSPS) is 10.6. The summed E-state index contributed by atoms with van der Waals surface area (Å²) < 4.78 is 19.9. The van der Waals surface area contributed by atoms with Gasteiger partial charge in [-0.25, -0.2) is 14.2 Å². The topological polar surface area (TPSA) is 61.2 Å². The molecule has 0 aliphatic carbocycles. The summed E-state index contributed by atoms with van der Waals surface area (Å²) in [6.07, 6.45) is 3.17. The van der Waals surface area contributed by atoms with E-state index < -0.39 is 12.6 Å². The van der Waals surface area contributed by atoms with Crippen LogP contribution in [0.3, 0.4) is 0 Å². The van der Waals surface area contributed by atoms with Gasteiger partial charge in [-0.15, -0.1) is 0 Å². The number of carbonyl (C=O) groups is 2. The quantitative estimate of drug-likeness (QED) is 0.345. The molecule has 5 nitrogen and oxygen atoms in total. The van der Waals surface area contributed by atoms with E-state index in [1.54, 1.807) is 28.8 Å². The lowest BCUT2D eigenvalue weighted by Gasteiger charge is -2.10. The molecule has 2 aromatic carbocycles. The van der Waals surface area contributed by atoms with E-state index >= 15 is 0 Å². The highest BCUT2D eigenvalue weighted by Crippen LogP contribution is 2.22. The fraction of sp³-hybridized carbons (Fsp3) is 0.105. The van der Waals surface area contributed by atoms with Crippen LogP contribution in [-0.2, 0) is 4.74 Å². The largest absolute Gasteiger partial charge is 0.453 e. The molecule has 0 atom stereocenters. The first-order chi connectivity index (χ1) is 13.0. The minimum absolute atomic E-state index is 0.148. The number of esters is 1. The Hall–Kier alpha value is -2.64. The zero-order chi connectivity index (χ0) is 19.4.